The molecular weight excluding hydrogens is 335 g/mol. The molecule has 0 fully saturated rings. The Balaban J connectivity index is 2.23. The molecule has 0 aliphatic carbocycles. The number of hydrogen-bond donors (Lipinski definition) is 2. The number of carbonyl (C=O) groups is 1. The van der Waals surface area contributed by atoms with Gasteiger partial charge in [-0.1, -0.05) is 11.6 Å². The number of benzene rings is 2. The molecule has 1 amide bonds. The highest BCUT2D eigenvalue weighted by atomic mass is 79.9. The second-order valence-electron chi connectivity index (χ2n) is 3.81. The zero-order chi connectivity index (χ0) is 14.0. The van der Waals surface area contributed by atoms with Crippen LogP contribution in [0.15, 0.2) is 40.9 Å². The van der Waals surface area contributed by atoms with Gasteiger partial charge >= 0.3 is 0 Å². The van der Waals surface area contributed by atoms with Crippen LogP contribution in [0.1, 0.15) is 10.4 Å². The molecule has 0 radical (unpaired) electrons. The van der Waals surface area contributed by atoms with E-state index in [9.17, 15) is 9.18 Å². The normalized spacial score (nSPS) is 10.3. The number of nitrogens with one attached hydrogen (secondary N) is 1. The SMILES string of the molecule is Nc1cc(NC(=O)c2ccc(F)cc2Br)ccc1Cl. The third kappa shape index (κ3) is 3.24. The third-order valence-corrected chi connectivity index (χ3v) is 3.43. The Morgan fingerprint density at radius 3 is 2.63 bits per heavy atom. The molecule has 98 valence electrons. The molecule has 2 aromatic rings. The summed E-state index contributed by atoms with van der Waals surface area (Å²) in [5, 5.41) is 3.07. The molecule has 0 spiro atoms. The van der Waals surface area contributed by atoms with E-state index in [0.717, 1.165) is 0 Å². The van der Waals surface area contributed by atoms with E-state index in [2.05, 4.69) is 21.2 Å². The van der Waals surface area contributed by atoms with Gasteiger partial charge in [-0.2, -0.15) is 0 Å². The van der Waals surface area contributed by atoms with Crippen molar-refractivity contribution < 1.29 is 9.18 Å². The topological polar surface area (TPSA) is 55.1 Å². The van der Waals surface area contributed by atoms with Crippen LogP contribution >= 0.6 is 27.5 Å². The second-order valence-corrected chi connectivity index (χ2v) is 5.08. The number of carbonyl (C=O) groups excluding carboxylic acids is 1. The smallest absolute Gasteiger partial charge is 0.256 e. The van der Waals surface area contributed by atoms with Gasteiger partial charge in [0.1, 0.15) is 5.82 Å². The van der Waals surface area contributed by atoms with Crippen molar-refractivity contribution in [3.05, 3.63) is 57.3 Å². The molecule has 0 bridgehead atoms. The average molecular weight is 344 g/mol. The summed E-state index contributed by atoms with van der Waals surface area (Å²) in [5.41, 5.74) is 6.86. The standard InChI is InChI=1S/C13H9BrClFN2O/c14-10-5-7(16)1-3-9(10)13(19)18-8-2-4-11(15)12(17)6-8/h1-6H,17H2,(H,18,19). The Bertz CT molecular complexity index is 649. The van der Waals surface area contributed by atoms with E-state index in [4.69, 9.17) is 17.3 Å². The van der Waals surface area contributed by atoms with E-state index >= 15 is 0 Å². The van der Waals surface area contributed by atoms with E-state index in [1.165, 1.54) is 18.2 Å². The van der Waals surface area contributed by atoms with Crippen LogP contribution in [-0.2, 0) is 0 Å². The Labute approximate surface area is 122 Å². The summed E-state index contributed by atoms with van der Waals surface area (Å²) in [6, 6.07) is 8.62. The van der Waals surface area contributed by atoms with Gasteiger partial charge in [0.25, 0.3) is 5.91 Å². The fourth-order valence-corrected chi connectivity index (χ4v) is 2.14. The number of amides is 1. The molecule has 0 heterocycles. The predicted molar refractivity (Wildman–Crippen MR) is 77.9 cm³/mol. The molecular formula is C13H9BrClFN2O. The van der Waals surface area contributed by atoms with Gasteiger partial charge in [0.05, 0.1) is 16.3 Å². The van der Waals surface area contributed by atoms with Crippen molar-refractivity contribution in [3.8, 4) is 0 Å². The first-order valence-electron chi connectivity index (χ1n) is 5.29. The summed E-state index contributed by atoms with van der Waals surface area (Å²) in [6.07, 6.45) is 0. The quantitative estimate of drug-likeness (QED) is 0.807. The highest BCUT2D eigenvalue weighted by Gasteiger charge is 2.11. The number of nitrogen functional groups attached to an aromatic ring is 1. The Kier molecular flexibility index (Phi) is 4.07. The molecule has 6 heteroatoms. The Morgan fingerprint density at radius 1 is 1.26 bits per heavy atom. The van der Waals surface area contributed by atoms with Crippen molar-refractivity contribution in [2.24, 2.45) is 0 Å². The van der Waals surface area contributed by atoms with Crippen molar-refractivity contribution in [2.75, 3.05) is 11.1 Å². The molecule has 0 aliphatic heterocycles. The number of hydrogen-bond acceptors (Lipinski definition) is 2. The minimum atomic E-state index is -0.417. The summed E-state index contributed by atoms with van der Waals surface area (Å²) in [5.74, 6) is -0.784. The van der Waals surface area contributed by atoms with Gasteiger partial charge in [0, 0.05) is 10.2 Å². The van der Waals surface area contributed by atoms with Crippen LogP contribution in [-0.4, -0.2) is 5.91 Å². The van der Waals surface area contributed by atoms with Crippen LogP contribution < -0.4 is 11.1 Å². The van der Waals surface area contributed by atoms with Gasteiger partial charge in [0.2, 0.25) is 0 Å². The van der Waals surface area contributed by atoms with Crippen LogP contribution in [0.25, 0.3) is 0 Å². The summed E-state index contributed by atoms with van der Waals surface area (Å²) in [4.78, 5) is 12.0. The third-order valence-electron chi connectivity index (χ3n) is 2.43. The molecule has 0 aromatic heterocycles. The Hall–Kier alpha value is -1.59. The lowest BCUT2D eigenvalue weighted by Crippen LogP contribution is -2.12. The molecule has 3 N–H and O–H groups in total. The van der Waals surface area contributed by atoms with Gasteiger partial charge in [-0.05, 0) is 52.3 Å². The maximum Gasteiger partial charge on any atom is 0.256 e. The number of anilines is 2. The van der Waals surface area contributed by atoms with Crippen LogP contribution in [0.2, 0.25) is 5.02 Å². The number of halogens is 3. The van der Waals surface area contributed by atoms with Crippen molar-refractivity contribution >= 4 is 44.8 Å². The fraction of sp³-hybridized carbons (Fsp3) is 0. The molecule has 3 nitrogen and oxygen atoms in total. The van der Waals surface area contributed by atoms with E-state index in [1.54, 1.807) is 18.2 Å². The average Bonchev–Trinajstić information content (AvgIpc) is 2.33. The first-order chi connectivity index (χ1) is 8.97. The van der Waals surface area contributed by atoms with Gasteiger partial charge in [-0.3, -0.25) is 4.79 Å². The molecule has 2 aromatic carbocycles. The predicted octanol–water partition coefficient (Wildman–Crippen LogP) is 4.08. The molecule has 0 aliphatic rings. The van der Waals surface area contributed by atoms with Crippen LogP contribution in [0, 0.1) is 5.82 Å². The van der Waals surface area contributed by atoms with Crippen molar-refractivity contribution in [1.82, 2.24) is 0 Å². The largest absolute Gasteiger partial charge is 0.397 e. The van der Waals surface area contributed by atoms with E-state index in [-0.39, 0.29) is 5.91 Å². The summed E-state index contributed by atoms with van der Waals surface area (Å²) >= 11 is 8.93. The van der Waals surface area contributed by atoms with E-state index in [1.807, 2.05) is 0 Å². The minimum absolute atomic E-state index is 0.329. The lowest BCUT2D eigenvalue weighted by molar-refractivity contribution is 0.102. The lowest BCUT2D eigenvalue weighted by atomic mass is 10.2. The minimum Gasteiger partial charge on any atom is -0.397 e. The van der Waals surface area contributed by atoms with Crippen molar-refractivity contribution in [1.29, 1.82) is 0 Å². The number of rotatable bonds is 2. The maximum atomic E-state index is 12.9. The molecule has 0 atom stereocenters. The van der Waals surface area contributed by atoms with E-state index < -0.39 is 5.82 Å². The monoisotopic (exact) mass is 342 g/mol. The zero-order valence-corrected chi connectivity index (χ0v) is 11.9. The van der Waals surface area contributed by atoms with Crippen molar-refractivity contribution in [2.45, 2.75) is 0 Å². The molecule has 2 rings (SSSR count). The Morgan fingerprint density at radius 2 is 2.00 bits per heavy atom. The van der Waals surface area contributed by atoms with Crippen LogP contribution in [0.3, 0.4) is 0 Å². The fourth-order valence-electron chi connectivity index (χ4n) is 1.49. The summed E-state index contributed by atoms with van der Waals surface area (Å²) in [6.45, 7) is 0. The van der Waals surface area contributed by atoms with Crippen LogP contribution in [0.4, 0.5) is 15.8 Å². The molecule has 19 heavy (non-hydrogen) atoms. The second kappa shape index (κ2) is 5.59. The summed E-state index contributed by atoms with van der Waals surface area (Å²) < 4.78 is 13.3. The highest BCUT2D eigenvalue weighted by molar-refractivity contribution is 9.10. The molecule has 0 saturated heterocycles. The van der Waals surface area contributed by atoms with Crippen LogP contribution in [0.5, 0.6) is 0 Å². The van der Waals surface area contributed by atoms with Gasteiger partial charge in [-0.25, -0.2) is 4.39 Å². The number of nitrogens with two attached hydrogens (primary N) is 1. The first kappa shape index (κ1) is 13.8. The van der Waals surface area contributed by atoms with Gasteiger partial charge in [-0.15, -0.1) is 0 Å². The first-order valence-corrected chi connectivity index (χ1v) is 6.46. The van der Waals surface area contributed by atoms with E-state index in [0.29, 0.717) is 26.4 Å². The highest BCUT2D eigenvalue weighted by Crippen LogP contribution is 2.24. The molecule has 0 saturated carbocycles. The zero-order valence-electron chi connectivity index (χ0n) is 9.58. The van der Waals surface area contributed by atoms with Gasteiger partial charge in [0.15, 0.2) is 0 Å². The summed E-state index contributed by atoms with van der Waals surface area (Å²) in [7, 11) is 0. The molecule has 0 unspecified atom stereocenters. The lowest BCUT2D eigenvalue weighted by Gasteiger charge is -2.08. The maximum absolute atomic E-state index is 12.9. The van der Waals surface area contributed by atoms with Gasteiger partial charge < -0.3 is 11.1 Å². The van der Waals surface area contributed by atoms with Crippen molar-refractivity contribution in [3.63, 3.8) is 0 Å².